The van der Waals surface area contributed by atoms with Crippen LogP contribution in [-0.4, -0.2) is 29.8 Å². The van der Waals surface area contributed by atoms with Gasteiger partial charge in [-0.1, -0.05) is 13.8 Å². The molecule has 1 unspecified atom stereocenters. The quantitative estimate of drug-likeness (QED) is 0.785. The minimum atomic E-state index is 0.110. The van der Waals surface area contributed by atoms with E-state index >= 15 is 0 Å². The summed E-state index contributed by atoms with van der Waals surface area (Å²) in [6.45, 7) is 6.28. The van der Waals surface area contributed by atoms with E-state index in [2.05, 4.69) is 23.7 Å². The number of aliphatic hydroxyl groups is 1. The van der Waals surface area contributed by atoms with E-state index in [4.69, 9.17) is 5.73 Å². The average molecular weight is 221 g/mol. The fraction of sp³-hybridized carbons (Fsp3) is 0.583. The van der Waals surface area contributed by atoms with Gasteiger partial charge in [0.1, 0.15) is 0 Å². The highest BCUT2D eigenvalue weighted by Crippen LogP contribution is 2.37. The Balaban J connectivity index is 2.23. The van der Waals surface area contributed by atoms with Crippen LogP contribution in [-0.2, 0) is 0 Å². The molecule has 0 radical (unpaired) electrons. The van der Waals surface area contributed by atoms with Crippen molar-refractivity contribution in [2.24, 2.45) is 11.3 Å². The standard InChI is InChI=1S/C12H19N3O/c1-12(2)8-15(6-9(12)7-16)11-10(13)4-3-5-14-11/h3-5,9,16H,6-8,13H2,1-2H3. The van der Waals surface area contributed by atoms with Crippen molar-refractivity contribution in [3.63, 3.8) is 0 Å². The van der Waals surface area contributed by atoms with E-state index in [1.165, 1.54) is 0 Å². The van der Waals surface area contributed by atoms with Gasteiger partial charge in [-0.15, -0.1) is 0 Å². The van der Waals surface area contributed by atoms with E-state index in [1.54, 1.807) is 6.20 Å². The molecule has 0 spiro atoms. The Morgan fingerprint density at radius 2 is 2.38 bits per heavy atom. The molecule has 3 N–H and O–H groups in total. The van der Waals surface area contributed by atoms with Crippen molar-refractivity contribution in [3.05, 3.63) is 18.3 Å². The van der Waals surface area contributed by atoms with Gasteiger partial charge in [0.2, 0.25) is 0 Å². The third-order valence-electron chi connectivity index (χ3n) is 3.48. The van der Waals surface area contributed by atoms with Crippen LogP contribution in [0.4, 0.5) is 11.5 Å². The summed E-state index contributed by atoms with van der Waals surface area (Å²) in [6.07, 6.45) is 1.75. The van der Waals surface area contributed by atoms with Crippen LogP contribution >= 0.6 is 0 Å². The molecule has 1 aliphatic heterocycles. The number of pyridine rings is 1. The highest BCUT2D eigenvalue weighted by atomic mass is 16.3. The lowest BCUT2D eigenvalue weighted by atomic mass is 9.83. The first kappa shape index (κ1) is 11.2. The largest absolute Gasteiger partial charge is 0.396 e. The number of hydrogen-bond donors (Lipinski definition) is 2. The Labute approximate surface area is 96.1 Å². The van der Waals surface area contributed by atoms with Crippen LogP contribution in [0.1, 0.15) is 13.8 Å². The van der Waals surface area contributed by atoms with Crippen LogP contribution < -0.4 is 10.6 Å². The number of nitrogen functional groups attached to an aromatic ring is 1. The smallest absolute Gasteiger partial charge is 0.151 e. The fourth-order valence-electron chi connectivity index (χ4n) is 2.34. The van der Waals surface area contributed by atoms with E-state index in [1.807, 2.05) is 12.1 Å². The van der Waals surface area contributed by atoms with E-state index in [9.17, 15) is 5.11 Å². The minimum absolute atomic E-state index is 0.110. The normalized spacial score (nSPS) is 23.7. The second-order valence-electron chi connectivity index (χ2n) is 5.16. The maximum atomic E-state index is 9.36. The Morgan fingerprint density at radius 1 is 1.62 bits per heavy atom. The molecule has 4 nitrogen and oxygen atoms in total. The first-order valence-corrected chi connectivity index (χ1v) is 5.61. The summed E-state index contributed by atoms with van der Waals surface area (Å²) < 4.78 is 0. The van der Waals surface area contributed by atoms with Gasteiger partial charge in [0, 0.05) is 31.8 Å². The van der Waals surface area contributed by atoms with Crippen molar-refractivity contribution in [2.45, 2.75) is 13.8 Å². The van der Waals surface area contributed by atoms with Crippen molar-refractivity contribution in [1.29, 1.82) is 0 Å². The van der Waals surface area contributed by atoms with Crippen LogP contribution in [0.5, 0.6) is 0 Å². The molecule has 4 heteroatoms. The van der Waals surface area contributed by atoms with Crippen molar-refractivity contribution in [1.82, 2.24) is 4.98 Å². The van der Waals surface area contributed by atoms with E-state index in [-0.39, 0.29) is 17.9 Å². The monoisotopic (exact) mass is 221 g/mol. The van der Waals surface area contributed by atoms with E-state index < -0.39 is 0 Å². The molecular formula is C12H19N3O. The predicted octanol–water partition coefficient (Wildman–Crippen LogP) is 1.12. The Bertz CT molecular complexity index is 378. The number of aliphatic hydroxyl groups excluding tert-OH is 1. The van der Waals surface area contributed by atoms with Gasteiger partial charge in [-0.2, -0.15) is 0 Å². The molecule has 0 bridgehead atoms. The summed E-state index contributed by atoms with van der Waals surface area (Å²) in [6, 6.07) is 3.70. The number of nitrogens with two attached hydrogens (primary N) is 1. The molecule has 2 heterocycles. The van der Waals surface area contributed by atoms with Crippen LogP contribution in [0.3, 0.4) is 0 Å². The Morgan fingerprint density at radius 3 is 2.94 bits per heavy atom. The molecule has 1 aromatic rings. The number of nitrogens with zero attached hydrogens (tertiary/aromatic N) is 2. The first-order valence-electron chi connectivity index (χ1n) is 5.61. The molecule has 0 aliphatic carbocycles. The molecule has 1 saturated heterocycles. The summed E-state index contributed by atoms with van der Waals surface area (Å²) in [5.74, 6) is 1.13. The van der Waals surface area contributed by atoms with Crippen molar-refractivity contribution in [2.75, 3.05) is 30.3 Å². The Kier molecular flexibility index (Phi) is 2.76. The molecule has 0 saturated carbocycles. The van der Waals surface area contributed by atoms with Crippen molar-refractivity contribution >= 4 is 11.5 Å². The van der Waals surface area contributed by atoms with Crippen LogP contribution in [0.15, 0.2) is 18.3 Å². The lowest BCUT2D eigenvalue weighted by molar-refractivity contribution is 0.161. The second-order valence-corrected chi connectivity index (χ2v) is 5.16. The van der Waals surface area contributed by atoms with Crippen LogP contribution in [0, 0.1) is 11.3 Å². The van der Waals surface area contributed by atoms with Gasteiger partial charge >= 0.3 is 0 Å². The highest BCUT2D eigenvalue weighted by molar-refractivity contribution is 5.62. The summed E-state index contributed by atoms with van der Waals surface area (Å²) in [4.78, 5) is 6.48. The molecule has 88 valence electrons. The number of rotatable bonds is 2. The van der Waals surface area contributed by atoms with Crippen molar-refractivity contribution in [3.8, 4) is 0 Å². The second kappa shape index (κ2) is 3.94. The molecule has 0 amide bonds. The van der Waals surface area contributed by atoms with Gasteiger partial charge < -0.3 is 15.7 Å². The minimum Gasteiger partial charge on any atom is -0.396 e. The average Bonchev–Trinajstić information content (AvgIpc) is 2.54. The van der Waals surface area contributed by atoms with Crippen LogP contribution in [0.2, 0.25) is 0 Å². The van der Waals surface area contributed by atoms with Gasteiger partial charge in [0.25, 0.3) is 0 Å². The third kappa shape index (κ3) is 1.85. The first-order chi connectivity index (χ1) is 7.54. The van der Waals surface area contributed by atoms with E-state index in [0.717, 1.165) is 18.9 Å². The summed E-state index contributed by atoms with van der Waals surface area (Å²) in [5.41, 5.74) is 6.72. The number of hydrogen-bond acceptors (Lipinski definition) is 4. The van der Waals surface area contributed by atoms with Gasteiger partial charge in [-0.05, 0) is 17.5 Å². The Hall–Kier alpha value is -1.29. The topological polar surface area (TPSA) is 62.4 Å². The molecular weight excluding hydrogens is 202 g/mol. The van der Waals surface area contributed by atoms with Gasteiger partial charge in [-0.3, -0.25) is 0 Å². The van der Waals surface area contributed by atoms with Crippen LogP contribution in [0.25, 0.3) is 0 Å². The molecule has 1 aromatic heterocycles. The molecule has 16 heavy (non-hydrogen) atoms. The molecule has 1 fully saturated rings. The molecule has 1 atom stereocenters. The zero-order valence-electron chi connectivity index (χ0n) is 9.85. The zero-order chi connectivity index (χ0) is 11.8. The van der Waals surface area contributed by atoms with Crippen molar-refractivity contribution < 1.29 is 5.11 Å². The lowest BCUT2D eigenvalue weighted by Crippen LogP contribution is -2.25. The summed E-state index contributed by atoms with van der Waals surface area (Å²) in [7, 11) is 0. The summed E-state index contributed by atoms with van der Waals surface area (Å²) >= 11 is 0. The molecule has 0 aromatic carbocycles. The lowest BCUT2D eigenvalue weighted by Gasteiger charge is -2.23. The third-order valence-corrected chi connectivity index (χ3v) is 3.48. The zero-order valence-corrected chi connectivity index (χ0v) is 9.85. The molecule has 1 aliphatic rings. The van der Waals surface area contributed by atoms with Gasteiger partial charge in [0.15, 0.2) is 5.82 Å². The van der Waals surface area contributed by atoms with Gasteiger partial charge in [0.05, 0.1) is 5.69 Å². The van der Waals surface area contributed by atoms with E-state index in [0.29, 0.717) is 5.69 Å². The maximum absolute atomic E-state index is 9.36. The fourth-order valence-corrected chi connectivity index (χ4v) is 2.34. The number of aromatic nitrogens is 1. The highest BCUT2D eigenvalue weighted by Gasteiger charge is 2.39. The van der Waals surface area contributed by atoms with Gasteiger partial charge in [-0.25, -0.2) is 4.98 Å². The maximum Gasteiger partial charge on any atom is 0.151 e. The predicted molar refractivity (Wildman–Crippen MR) is 65.2 cm³/mol. The molecule has 2 rings (SSSR count). The summed E-state index contributed by atoms with van der Waals surface area (Å²) in [5, 5.41) is 9.36. The number of anilines is 2. The SMILES string of the molecule is CC1(C)CN(c2ncccc2N)CC1CO.